The van der Waals surface area contributed by atoms with E-state index in [1.807, 2.05) is 24.4 Å². The van der Waals surface area contributed by atoms with Crippen LogP contribution < -0.4 is 5.90 Å². The largest absolute Gasteiger partial charge is 0.347 e. The Bertz CT molecular complexity index is 479. The van der Waals surface area contributed by atoms with Crippen molar-refractivity contribution in [2.75, 3.05) is 0 Å². The molecule has 2 N–H and O–H groups in total. The first-order valence-corrected chi connectivity index (χ1v) is 5.23. The average molecular weight is 225 g/mol. The zero-order valence-electron chi connectivity index (χ0n) is 8.53. The number of rotatable bonds is 3. The molecule has 0 spiro atoms. The number of fused-ring (bicyclic) bond motifs is 1. The minimum Gasteiger partial charge on any atom is -0.347 e. The summed E-state index contributed by atoms with van der Waals surface area (Å²) >= 11 is 6.16. The number of hydrogen-bond acceptors (Lipinski definition) is 2. The predicted octanol–water partition coefficient (Wildman–Crippen LogP) is 2.70. The van der Waals surface area contributed by atoms with Crippen molar-refractivity contribution in [1.29, 1.82) is 0 Å². The second kappa shape index (κ2) is 4.23. The molecule has 0 atom stereocenters. The van der Waals surface area contributed by atoms with Crippen LogP contribution in [0.1, 0.15) is 12.5 Å². The first-order valence-electron chi connectivity index (χ1n) is 4.85. The van der Waals surface area contributed by atoms with Crippen molar-refractivity contribution in [2.24, 2.45) is 5.90 Å². The van der Waals surface area contributed by atoms with Gasteiger partial charge in [-0.15, -0.1) is 0 Å². The van der Waals surface area contributed by atoms with Gasteiger partial charge in [0, 0.05) is 29.2 Å². The maximum absolute atomic E-state index is 6.16. The molecular formula is C11H13ClN2O. The van der Waals surface area contributed by atoms with Gasteiger partial charge in [0.15, 0.2) is 0 Å². The van der Waals surface area contributed by atoms with Crippen LogP contribution in [0.2, 0.25) is 5.02 Å². The number of halogens is 1. The van der Waals surface area contributed by atoms with Crippen LogP contribution in [0.3, 0.4) is 0 Å². The standard InChI is InChI=1S/C11H13ClN2O/c1-2-14-6-8(7-15-13)11-9(12)4-3-5-10(11)14/h3-6H,2,7,13H2,1H3. The molecule has 2 aromatic rings. The normalized spacial score (nSPS) is 11.1. The van der Waals surface area contributed by atoms with E-state index in [-0.39, 0.29) is 0 Å². The van der Waals surface area contributed by atoms with Crippen molar-refractivity contribution in [3.8, 4) is 0 Å². The lowest BCUT2D eigenvalue weighted by molar-refractivity contribution is 0.125. The van der Waals surface area contributed by atoms with Gasteiger partial charge in [0.1, 0.15) is 0 Å². The van der Waals surface area contributed by atoms with Gasteiger partial charge in [0.05, 0.1) is 11.6 Å². The molecule has 1 aromatic heterocycles. The summed E-state index contributed by atoms with van der Waals surface area (Å²) < 4.78 is 2.13. The van der Waals surface area contributed by atoms with Gasteiger partial charge >= 0.3 is 0 Å². The Kier molecular flexibility index (Phi) is 2.95. The van der Waals surface area contributed by atoms with Crippen LogP contribution in [0.25, 0.3) is 10.9 Å². The summed E-state index contributed by atoms with van der Waals surface area (Å²) in [5.74, 6) is 5.10. The lowest BCUT2D eigenvalue weighted by Crippen LogP contribution is -1.98. The van der Waals surface area contributed by atoms with Gasteiger partial charge in [-0.2, -0.15) is 0 Å². The van der Waals surface area contributed by atoms with Crippen LogP contribution in [-0.2, 0) is 18.0 Å². The highest BCUT2D eigenvalue weighted by atomic mass is 35.5. The van der Waals surface area contributed by atoms with E-state index in [1.165, 1.54) is 0 Å². The third-order valence-corrected chi connectivity index (χ3v) is 2.83. The van der Waals surface area contributed by atoms with Crippen LogP contribution in [-0.4, -0.2) is 4.57 Å². The first kappa shape index (κ1) is 10.5. The van der Waals surface area contributed by atoms with E-state index in [4.69, 9.17) is 17.5 Å². The van der Waals surface area contributed by atoms with Crippen molar-refractivity contribution in [3.05, 3.63) is 35.0 Å². The van der Waals surface area contributed by atoms with E-state index in [0.717, 1.165) is 28.0 Å². The van der Waals surface area contributed by atoms with Crippen molar-refractivity contribution < 1.29 is 4.84 Å². The molecule has 0 saturated carbocycles. The molecule has 0 saturated heterocycles. The number of nitrogens with zero attached hydrogens (tertiary/aromatic N) is 1. The van der Waals surface area contributed by atoms with Gasteiger partial charge in [-0.05, 0) is 19.1 Å². The number of nitrogens with two attached hydrogens (primary N) is 1. The topological polar surface area (TPSA) is 40.2 Å². The molecule has 15 heavy (non-hydrogen) atoms. The lowest BCUT2D eigenvalue weighted by Gasteiger charge is -2.00. The summed E-state index contributed by atoms with van der Waals surface area (Å²) in [6.45, 7) is 3.38. The second-order valence-corrected chi connectivity index (χ2v) is 3.79. The van der Waals surface area contributed by atoms with Crippen molar-refractivity contribution >= 4 is 22.5 Å². The summed E-state index contributed by atoms with van der Waals surface area (Å²) in [5, 5.41) is 1.78. The second-order valence-electron chi connectivity index (χ2n) is 3.39. The zero-order valence-corrected chi connectivity index (χ0v) is 9.29. The zero-order chi connectivity index (χ0) is 10.8. The van der Waals surface area contributed by atoms with Crippen molar-refractivity contribution in [3.63, 3.8) is 0 Å². The molecule has 0 aliphatic heterocycles. The fraction of sp³-hybridized carbons (Fsp3) is 0.273. The van der Waals surface area contributed by atoms with E-state index < -0.39 is 0 Å². The Balaban J connectivity index is 2.70. The van der Waals surface area contributed by atoms with Gasteiger partial charge in [-0.1, -0.05) is 17.7 Å². The van der Waals surface area contributed by atoms with Crippen LogP contribution in [0.15, 0.2) is 24.4 Å². The quantitative estimate of drug-likeness (QED) is 0.815. The van der Waals surface area contributed by atoms with Crippen LogP contribution in [0.4, 0.5) is 0 Å². The fourth-order valence-electron chi connectivity index (χ4n) is 1.85. The monoisotopic (exact) mass is 224 g/mol. The maximum Gasteiger partial charge on any atom is 0.0951 e. The molecule has 3 nitrogen and oxygen atoms in total. The van der Waals surface area contributed by atoms with E-state index in [1.54, 1.807) is 0 Å². The highest BCUT2D eigenvalue weighted by Gasteiger charge is 2.10. The molecule has 0 unspecified atom stereocenters. The summed E-state index contributed by atoms with van der Waals surface area (Å²) in [4.78, 5) is 4.68. The van der Waals surface area contributed by atoms with Crippen LogP contribution in [0, 0.1) is 0 Å². The third kappa shape index (κ3) is 1.74. The highest BCUT2D eigenvalue weighted by molar-refractivity contribution is 6.35. The molecule has 1 aromatic carbocycles. The van der Waals surface area contributed by atoms with E-state index in [9.17, 15) is 0 Å². The molecule has 0 aliphatic rings. The molecule has 0 aliphatic carbocycles. The lowest BCUT2D eigenvalue weighted by atomic mass is 10.2. The van der Waals surface area contributed by atoms with Gasteiger partial charge in [0.2, 0.25) is 0 Å². The Labute approximate surface area is 93.3 Å². The minimum absolute atomic E-state index is 0.382. The molecular weight excluding hydrogens is 212 g/mol. The van der Waals surface area contributed by atoms with E-state index in [2.05, 4.69) is 16.3 Å². The molecule has 0 bridgehead atoms. The maximum atomic E-state index is 6.16. The molecule has 0 radical (unpaired) electrons. The number of aryl methyl sites for hydroxylation is 1. The van der Waals surface area contributed by atoms with E-state index in [0.29, 0.717) is 6.61 Å². The van der Waals surface area contributed by atoms with Crippen molar-refractivity contribution in [1.82, 2.24) is 4.57 Å². The molecule has 0 fully saturated rings. The third-order valence-electron chi connectivity index (χ3n) is 2.51. The van der Waals surface area contributed by atoms with Gasteiger partial charge < -0.3 is 4.57 Å². The SMILES string of the molecule is CCn1cc(CON)c2c(Cl)cccc21. The number of hydrogen-bond donors (Lipinski definition) is 1. The van der Waals surface area contributed by atoms with E-state index >= 15 is 0 Å². The van der Waals surface area contributed by atoms with Crippen LogP contribution in [0.5, 0.6) is 0 Å². The molecule has 2 rings (SSSR count). The Morgan fingerprint density at radius 2 is 2.27 bits per heavy atom. The molecule has 80 valence electrons. The molecule has 4 heteroatoms. The smallest absolute Gasteiger partial charge is 0.0951 e. The van der Waals surface area contributed by atoms with Crippen LogP contribution >= 0.6 is 11.6 Å². The first-order chi connectivity index (χ1) is 7.27. The number of aromatic nitrogens is 1. The Morgan fingerprint density at radius 3 is 2.93 bits per heavy atom. The highest BCUT2D eigenvalue weighted by Crippen LogP contribution is 2.28. The van der Waals surface area contributed by atoms with Crippen molar-refractivity contribution in [2.45, 2.75) is 20.1 Å². The summed E-state index contributed by atoms with van der Waals surface area (Å²) in [6, 6.07) is 5.87. The summed E-state index contributed by atoms with van der Waals surface area (Å²) in [7, 11) is 0. The van der Waals surface area contributed by atoms with Gasteiger partial charge in [-0.3, -0.25) is 4.84 Å². The predicted molar refractivity (Wildman–Crippen MR) is 61.6 cm³/mol. The van der Waals surface area contributed by atoms with Gasteiger partial charge in [0.25, 0.3) is 0 Å². The molecule has 0 amide bonds. The average Bonchev–Trinajstić information content (AvgIpc) is 2.59. The Hall–Kier alpha value is -1.03. The summed E-state index contributed by atoms with van der Waals surface area (Å²) in [5.41, 5.74) is 2.15. The summed E-state index contributed by atoms with van der Waals surface area (Å²) in [6.07, 6.45) is 2.03. The fourth-order valence-corrected chi connectivity index (χ4v) is 2.14. The number of benzene rings is 1. The molecule has 1 heterocycles. The minimum atomic E-state index is 0.382. The van der Waals surface area contributed by atoms with Gasteiger partial charge in [-0.25, -0.2) is 5.90 Å². The Morgan fingerprint density at radius 1 is 1.47 bits per heavy atom.